The molecular formula is C18H17ClN4O2. The van der Waals surface area contributed by atoms with E-state index in [4.69, 9.17) is 16.3 Å². The Labute approximate surface area is 150 Å². The van der Waals surface area contributed by atoms with Crippen LogP contribution < -0.4 is 10.1 Å². The van der Waals surface area contributed by atoms with Gasteiger partial charge in [-0.25, -0.2) is 4.68 Å². The summed E-state index contributed by atoms with van der Waals surface area (Å²) in [7, 11) is 1.59. The molecule has 1 heterocycles. The molecule has 0 aliphatic heterocycles. The fourth-order valence-corrected chi connectivity index (χ4v) is 2.47. The molecule has 3 rings (SSSR count). The fraction of sp³-hybridized carbons (Fsp3) is 0.167. The number of rotatable bonds is 5. The minimum atomic E-state index is -0.298. The third-order valence-corrected chi connectivity index (χ3v) is 3.93. The molecule has 1 amide bonds. The highest BCUT2D eigenvalue weighted by atomic mass is 35.5. The number of carbonyl (C=O) groups excluding carboxylic acids is 1. The standard InChI is InChI=1S/C18H17ClN4O2/c1-12-3-8-17(25-2)16(9-12)23-11-15(21-22-23)18(24)20-10-13-4-6-14(19)7-5-13/h3-9,11H,10H2,1-2H3,(H,20,24). The summed E-state index contributed by atoms with van der Waals surface area (Å²) in [5, 5.41) is 11.4. The Balaban J connectivity index is 1.73. The van der Waals surface area contributed by atoms with Crippen LogP contribution in [0.5, 0.6) is 5.75 Å². The Bertz CT molecular complexity index is 890. The maximum Gasteiger partial charge on any atom is 0.273 e. The first-order valence-corrected chi connectivity index (χ1v) is 8.04. The van der Waals surface area contributed by atoms with Gasteiger partial charge in [-0.1, -0.05) is 35.0 Å². The highest BCUT2D eigenvalue weighted by Gasteiger charge is 2.13. The van der Waals surface area contributed by atoms with Gasteiger partial charge in [-0.2, -0.15) is 0 Å². The van der Waals surface area contributed by atoms with Crippen molar-refractivity contribution in [1.82, 2.24) is 20.3 Å². The second-order valence-corrected chi connectivity index (χ2v) is 5.97. The predicted molar refractivity (Wildman–Crippen MR) is 95.3 cm³/mol. The fourth-order valence-electron chi connectivity index (χ4n) is 2.34. The molecule has 0 radical (unpaired) electrons. The number of nitrogens with one attached hydrogen (secondary N) is 1. The molecule has 0 aliphatic rings. The van der Waals surface area contributed by atoms with Gasteiger partial charge in [0.2, 0.25) is 0 Å². The maximum atomic E-state index is 12.3. The van der Waals surface area contributed by atoms with Crippen LogP contribution in [0.2, 0.25) is 5.02 Å². The number of nitrogens with zero attached hydrogens (tertiary/aromatic N) is 3. The first-order chi connectivity index (χ1) is 12.1. The van der Waals surface area contributed by atoms with E-state index in [-0.39, 0.29) is 11.6 Å². The maximum absolute atomic E-state index is 12.3. The van der Waals surface area contributed by atoms with Crippen molar-refractivity contribution in [3.63, 3.8) is 0 Å². The number of carbonyl (C=O) groups is 1. The van der Waals surface area contributed by atoms with Crippen LogP contribution in [0.3, 0.4) is 0 Å². The van der Waals surface area contributed by atoms with Crippen LogP contribution in [0, 0.1) is 6.92 Å². The molecule has 0 atom stereocenters. The van der Waals surface area contributed by atoms with Crippen molar-refractivity contribution in [1.29, 1.82) is 0 Å². The molecule has 0 saturated heterocycles. The van der Waals surface area contributed by atoms with Crippen molar-refractivity contribution in [2.75, 3.05) is 7.11 Å². The van der Waals surface area contributed by atoms with Crippen LogP contribution >= 0.6 is 11.6 Å². The number of aromatic nitrogens is 3. The topological polar surface area (TPSA) is 69.0 Å². The van der Waals surface area contributed by atoms with Crippen LogP contribution in [-0.4, -0.2) is 28.0 Å². The summed E-state index contributed by atoms with van der Waals surface area (Å²) in [6, 6.07) is 13.0. The highest BCUT2D eigenvalue weighted by molar-refractivity contribution is 6.30. The number of ether oxygens (including phenoxy) is 1. The third-order valence-electron chi connectivity index (χ3n) is 3.67. The summed E-state index contributed by atoms with van der Waals surface area (Å²) < 4.78 is 6.87. The largest absolute Gasteiger partial charge is 0.494 e. The minimum absolute atomic E-state index is 0.234. The highest BCUT2D eigenvalue weighted by Crippen LogP contribution is 2.23. The molecule has 0 unspecified atom stereocenters. The first kappa shape index (κ1) is 17.0. The van der Waals surface area contributed by atoms with E-state index in [2.05, 4.69) is 15.6 Å². The van der Waals surface area contributed by atoms with Crippen molar-refractivity contribution in [3.05, 3.63) is 70.5 Å². The van der Waals surface area contributed by atoms with Crippen LogP contribution in [0.25, 0.3) is 5.69 Å². The number of methoxy groups -OCH3 is 1. The average molecular weight is 357 g/mol. The van der Waals surface area contributed by atoms with Gasteiger partial charge in [0.1, 0.15) is 11.4 Å². The van der Waals surface area contributed by atoms with Crippen LogP contribution in [-0.2, 0) is 6.54 Å². The lowest BCUT2D eigenvalue weighted by Gasteiger charge is -2.08. The van der Waals surface area contributed by atoms with E-state index in [0.717, 1.165) is 16.8 Å². The van der Waals surface area contributed by atoms with E-state index in [1.807, 2.05) is 37.3 Å². The smallest absolute Gasteiger partial charge is 0.273 e. The van der Waals surface area contributed by atoms with Crippen molar-refractivity contribution in [3.8, 4) is 11.4 Å². The monoisotopic (exact) mass is 356 g/mol. The molecule has 7 heteroatoms. The van der Waals surface area contributed by atoms with E-state index in [0.29, 0.717) is 17.3 Å². The molecule has 0 spiro atoms. The SMILES string of the molecule is COc1ccc(C)cc1-n1cc(C(=O)NCc2ccc(Cl)cc2)nn1. The number of aryl methyl sites for hydroxylation is 1. The normalized spacial score (nSPS) is 10.5. The van der Waals surface area contributed by atoms with Gasteiger partial charge in [0, 0.05) is 11.6 Å². The summed E-state index contributed by atoms with van der Waals surface area (Å²) in [6.07, 6.45) is 1.58. The van der Waals surface area contributed by atoms with Crippen LogP contribution in [0.1, 0.15) is 21.6 Å². The minimum Gasteiger partial charge on any atom is -0.494 e. The zero-order valence-electron chi connectivity index (χ0n) is 13.9. The van der Waals surface area contributed by atoms with Crippen molar-refractivity contribution >= 4 is 17.5 Å². The van der Waals surface area contributed by atoms with Gasteiger partial charge in [-0.3, -0.25) is 4.79 Å². The summed E-state index contributed by atoms with van der Waals surface area (Å²) in [4.78, 5) is 12.3. The quantitative estimate of drug-likeness (QED) is 0.762. The predicted octanol–water partition coefficient (Wildman–Crippen LogP) is 3.17. The molecule has 1 N–H and O–H groups in total. The average Bonchev–Trinajstić information content (AvgIpc) is 3.11. The van der Waals surface area contributed by atoms with Crippen molar-refractivity contribution < 1.29 is 9.53 Å². The van der Waals surface area contributed by atoms with Crippen LogP contribution in [0.4, 0.5) is 0 Å². The van der Waals surface area contributed by atoms with Crippen molar-refractivity contribution in [2.24, 2.45) is 0 Å². The van der Waals surface area contributed by atoms with Gasteiger partial charge in [-0.15, -0.1) is 5.10 Å². The lowest BCUT2D eigenvalue weighted by molar-refractivity contribution is 0.0946. The summed E-state index contributed by atoms with van der Waals surface area (Å²) in [6.45, 7) is 2.36. The van der Waals surface area contributed by atoms with Gasteiger partial charge in [-0.05, 0) is 42.3 Å². The third kappa shape index (κ3) is 3.97. The Morgan fingerprint density at radius 1 is 1.24 bits per heavy atom. The molecule has 6 nitrogen and oxygen atoms in total. The summed E-state index contributed by atoms with van der Waals surface area (Å²) in [5.41, 5.74) is 2.97. The van der Waals surface area contributed by atoms with Gasteiger partial charge in [0.25, 0.3) is 5.91 Å². The summed E-state index contributed by atoms with van der Waals surface area (Å²) >= 11 is 5.85. The molecule has 3 aromatic rings. The Morgan fingerprint density at radius 2 is 2.00 bits per heavy atom. The number of hydrogen-bond acceptors (Lipinski definition) is 4. The van der Waals surface area contributed by atoms with E-state index in [9.17, 15) is 4.79 Å². The zero-order valence-corrected chi connectivity index (χ0v) is 14.6. The number of amides is 1. The molecular weight excluding hydrogens is 340 g/mol. The van der Waals surface area contributed by atoms with Gasteiger partial charge >= 0.3 is 0 Å². The molecule has 1 aromatic heterocycles. The second kappa shape index (κ2) is 7.36. The Hall–Kier alpha value is -2.86. The first-order valence-electron chi connectivity index (χ1n) is 7.67. The Kier molecular flexibility index (Phi) is 5.00. The molecule has 0 aliphatic carbocycles. The van der Waals surface area contributed by atoms with E-state index >= 15 is 0 Å². The van der Waals surface area contributed by atoms with Crippen molar-refractivity contribution in [2.45, 2.75) is 13.5 Å². The summed E-state index contributed by atoms with van der Waals surface area (Å²) in [5.74, 6) is 0.358. The van der Waals surface area contributed by atoms with Gasteiger partial charge < -0.3 is 10.1 Å². The number of halogens is 1. The number of benzene rings is 2. The van der Waals surface area contributed by atoms with E-state index in [1.165, 1.54) is 4.68 Å². The molecule has 2 aromatic carbocycles. The molecule has 0 fully saturated rings. The number of hydrogen-bond donors (Lipinski definition) is 1. The second-order valence-electron chi connectivity index (χ2n) is 5.53. The lowest BCUT2D eigenvalue weighted by atomic mass is 10.2. The molecule has 25 heavy (non-hydrogen) atoms. The van der Waals surface area contributed by atoms with E-state index < -0.39 is 0 Å². The van der Waals surface area contributed by atoms with E-state index in [1.54, 1.807) is 25.4 Å². The lowest BCUT2D eigenvalue weighted by Crippen LogP contribution is -2.23. The zero-order chi connectivity index (χ0) is 17.8. The van der Waals surface area contributed by atoms with Gasteiger partial charge in [0.15, 0.2) is 5.69 Å². The molecule has 128 valence electrons. The van der Waals surface area contributed by atoms with Crippen LogP contribution in [0.15, 0.2) is 48.7 Å². The molecule has 0 saturated carbocycles. The van der Waals surface area contributed by atoms with Gasteiger partial charge in [0.05, 0.1) is 13.3 Å². The Morgan fingerprint density at radius 3 is 2.72 bits per heavy atom. The molecule has 0 bridgehead atoms.